The van der Waals surface area contributed by atoms with E-state index in [4.69, 9.17) is 9.47 Å². The SMILES string of the molecule is CCOc1cccc(OCC)c2c(C)nc(C)c1-2. The van der Waals surface area contributed by atoms with E-state index >= 15 is 0 Å². The number of aromatic nitrogens is 1. The van der Waals surface area contributed by atoms with Gasteiger partial charge in [-0.2, -0.15) is 0 Å². The van der Waals surface area contributed by atoms with Gasteiger partial charge in [0.2, 0.25) is 0 Å². The van der Waals surface area contributed by atoms with E-state index < -0.39 is 0 Å². The molecule has 3 heteroatoms. The third kappa shape index (κ3) is 2.13. The van der Waals surface area contributed by atoms with Gasteiger partial charge in [0.25, 0.3) is 0 Å². The number of nitrogens with zero attached hydrogens (tertiary/aromatic N) is 1. The van der Waals surface area contributed by atoms with Gasteiger partial charge in [0.05, 0.1) is 24.3 Å². The monoisotopic (exact) mass is 245 g/mol. The number of rotatable bonds is 4. The fourth-order valence-electron chi connectivity index (χ4n) is 2.27. The summed E-state index contributed by atoms with van der Waals surface area (Å²) >= 11 is 0. The highest BCUT2D eigenvalue weighted by molar-refractivity contribution is 5.81. The first kappa shape index (κ1) is 12.7. The first-order chi connectivity index (χ1) is 8.69. The van der Waals surface area contributed by atoms with E-state index in [1.807, 2.05) is 45.9 Å². The molecule has 0 radical (unpaired) electrons. The highest BCUT2D eigenvalue weighted by Gasteiger charge is 2.21. The minimum atomic E-state index is 0.646. The van der Waals surface area contributed by atoms with Crippen molar-refractivity contribution in [2.24, 2.45) is 0 Å². The first-order valence-electron chi connectivity index (χ1n) is 6.34. The second-order valence-corrected chi connectivity index (χ2v) is 4.15. The lowest BCUT2D eigenvalue weighted by Gasteiger charge is -2.09. The maximum Gasteiger partial charge on any atom is 0.129 e. The Balaban J connectivity index is 2.67. The molecule has 0 saturated heterocycles. The lowest BCUT2D eigenvalue weighted by molar-refractivity contribution is 0.338. The molecule has 1 aliphatic carbocycles. The molecule has 1 heterocycles. The topological polar surface area (TPSA) is 31.4 Å². The van der Waals surface area contributed by atoms with E-state index in [1.54, 1.807) is 0 Å². The molecule has 0 fully saturated rings. The minimum Gasteiger partial charge on any atom is -0.493 e. The predicted molar refractivity (Wildman–Crippen MR) is 72.7 cm³/mol. The van der Waals surface area contributed by atoms with Gasteiger partial charge in [-0.1, -0.05) is 6.07 Å². The number of aryl methyl sites for hydroxylation is 2. The second-order valence-electron chi connectivity index (χ2n) is 4.15. The van der Waals surface area contributed by atoms with E-state index in [-0.39, 0.29) is 0 Å². The number of hydrogen-bond donors (Lipinski definition) is 0. The van der Waals surface area contributed by atoms with E-state index in [0.717, 1.165) is 34.0 Å². The Morgan fingerprint density at radius 2 is 1.33 bits per heavy atom. The smallest absolute Gasteiger partial charge is 0.129 e. The van der Waals surface area contributed by atoms with Crippen molar-refractivity contribution in [1.82, 2.24) is 4.98 Å². The molecule has 18 heavy (non-hydrogen) atoms. The quantitative estimate of drug-likeness (QED) is 0.824. The average Bonchev–Trinajstić information content (AvgIpc) is 2.52. The number of fused-ring (bicyclic) bond motifs is 1. The minimum absolute atomic E-state index is 0.646. The van der Waals surface area contributed by atoms with Gasteiger partial charge in [0.15, 0.2) is 0 Å². The highest BCUT2D eigenvalue weighted by Crippen LogP contribution is 2.42. The van der Waals surface area contributed by atoms with Crippen LogP contribution in [0.1, 0.15) is 25.2 Å². The largest absolute Gasteiger partial charge is 0.493 e. The standard InChI is InChI=1S/C15H19NO2/c1-5-17-12-8-7-9-13(18-6-2)15-11(4)16-10(3)14(12)15/h7-9H,5-6H2,1-4H3. The van der Waals surface area contributed by atoms with Gasteiger partial charge in [-0.05, 0) is 39.8 Å². The Labute approximate surface area is 108 Å². The van der Waals surface area contributed by atoms with Crippen LogP contribution >= 0.6 is 0 Å². The molecule has 0 aromatic heterocycles. The molecular weight excluding hydrogens is 226 g/mol. The summed E-state index contributed by atoms with van der Waals surface area (Å²) in [7, 11) is 0. The summed E-state index contributed by atoms with van der Waals surface area (Å²) in [6.07, 6.45) is 0. The molecule has 0 atom stereocenters. The van der Waals surface area contributed by atoms with Crippen molar-refractivity contribution in [2.75, 3.05) is 13.2 Å². The number of ether oxygens (including phenoxy) is 2. The van der Waals surface area contributed by atoms with E-state index in [1.165, 1.54) is 0 Å². The van der Waals surface area contributed by atoms with Crippen LogP contribution in [-0.4, -0.2) is 18.2 Å². The normalized spacial score (nSPS) is 10.7. The fraction of sp³-hybridized carbons (Fsp3) is 0.400. The molecule has 0 unspecified atom stereocenters. The van der Waals surface area contributed by atoms with Crippen LogP contribution in [0.4, 0.5) is 0 Å². The molecular formula is C15H19NO2. The summed E-state index contributed by atoms with van der Waals surface area (Å²) in [5, 5.41) is 0. The van der Waals surface area contributed by atoms with Crippen LogP contribution < -0.4 is 9.47 Å². The molecule has 96 valence electrons. The van der Waals surface area contributed by atoms with Gasteiger partial charge in [-0.25, -0.2) is 0 Å². The first-order valence-corrected chi connectivity index (χ1v) is 6.34. The number of hydrogen-bond acceptors (Lipinski definition) is 3. The van der Waals surface area contributed by atoms with Gasteiger partial charge in [-0.15, -0.1) is 0 Å². The maximum absolute atomic E-state index is 5.71. The summed E-state index contributed by atoms with van der Waals surface area (Å²) in [6, 6.07) is 5.92. The zero-order chi connectivity index (χ0) is 13.1. The van der Waals surface area contributed by atoms with Crippen molar-refractivity contribution in [1.29, 1.82) is 0 Å². The molecule has 3 nitrogen and oxygen atoms in total. The van der Waals surface area contributed by atoms with Gasteiger partial charge in [0.1, 0.15) is 11.5 Å². The zero-order valence-corrected chi connectivity index (χ0v) is 11.4. The van der Waals surface area contributed by atoms with Gasteiger partial charge < -0.3 is 9.47 Å². The van der Waals surface area contributed by atoms with Crippen LogP contribution in [0, 0.1) is 13.8 Å². The van der Waals surface area contributed by atoms with Crippen LogP contribution in [0.3, 0.4) is 0 Å². The average molecular weight is 245 g/mol. The Morgan fingerprint density at radius 3 is 1.72 bits per heavy atom. The van der Waals surface area contributed by atoms with Crippen molar-refractivity contribution >= 4 is 0 Å². The summed E-state index contributed by atoms with van der Waals surface area (Å²) in [5.74, 6) is 1.74. The van der Waals surface area contributed by atoms with Gasteiger partial charge >= 0.3 is 0 Å². The van der Waals surface area contributed by atoms with Crippen molar-refractivity contribution < 1.29 is 9.47 Å². The molecule has 0 bridgehead atoms. The van der Waals surface area contributed by atoms with Gasteiger partial charge in [0, 0.05) is 11.4 Å². The van der Waals surface area contributed by atoms with Gasteiger partial charge in [-0.3, -0.25) is 4.98 Å². The molecule has 0 aromatic rings. The molecule has 0 saturated carbocycles. The third-order valence-electron chi connectivity index (χ3n) is 2.90. The Kier molecular flexibility index (Phi) is 3.70. The van der Waals surface area contributed by atoms with Crippen LogP contribution in [0.2, 0.25) is 0 Å². The maximum atomic E-state index is 5.71. The van der Waals surface area contributed by atoms with E-state index in [2.05, 4.69) is 4.98 Å². The lowest BCUT2D eigenvalue weighted by Crippen LogP contribution is -1.95. The van der Waals surface area contributed by atoms with Crippen LogP contribution in [-0.2, 0) is 0 Å². The molecule has 0 amide bonds. The van der Waals surface area contributed by atoms with E-state index in [0.29, 0.717) is 13.2 Å². The van der Waals surface area contributed by atoms with Crippen molar-refractivity contribution in [3.05, 3.63) is 29.6 Å². The molecule has 0 spiro atoms. The molecule has 0 aromatic carbocycles. The molecule has 1 aliphatic heterocycles. The summed E-state index contributed by atoms with van der Waals surface area (Å²) in [4.78, 5) is 4.54. The zero-order valence-electron chi connectivity index (χ0n) is 11.4. The van der Waals surface area contributed by atoms with Crippen molar-refractivity contribution in [3.8, 4) is 22.6 Å². The summed E-state index contributed by atoms with van der Waals surface area (Å²) in [5.41, 5.74) is 4.09. The molecule has 2 aliphatic rings. The highest BCUT2D eigenvalue weighted by atomic mass is 16.5. The van der Waals surface area contributed by atoms with Crippen molar-refractivity contribution in [2.45, 2.75) is 27.7 Å². The van der Waals surface area contributed by atoms with Crippen LogP contribution in [0.25, 0.3) is 11.1 Å². The van der Waals surface area contributed by atoms with Crippen LogP contribution in [0.5, 0.6) is 11.5 Å². The molecule has 0 N–H and O–H groups in total. The molecule has 2 rings (SSSR count). The Morgan fingerprint density at radius 1 is 0.889 bits per heavy atom. The third-order valence-corrected chi connectivity index (χ3v) is 2.90. The fourth-order valence-corrected chi connectivity index (χ4v) is 2.27. The Hall–Kier alpha value is -1.77. The van der Waals surface area contributed by atoms with Crippen LogP contribution in [0.15, 0.2) is 18.2 Å². The lowest BCUT2D eigenvalue weighted by atomic mass is 10.1. The van der Waals surface area contributed by atoms with Crippen molar-refractivity contribution in [3.63, 3.8) is 0 Å². The summed E-state index contributed by atoms with van der Waals surface area (Å²) < 4.78 is 11.4. The predicted octanol–water partition coefficient (Wildman–Crippen LogP) is 3.60. The summed E-state index contributed by atoms with van der Waals surface area (Å²) in [6.45, 7) is 9.28. The Bertz CT molecular complexity index is 479. The second kappa shape index (κ2) is 5.25. The van der Waals surface area contributed by atoms with E-state index in [9.17, 15) is 0 Å².